The fraction of sp³-hybridized carbons (Fsp3) is 0. The highest BCUT2D eigenvalue weighted by atomic mass is 35.5. The van der Waals surface area contributed by atoms with E-state index in [1.54, 1.807) is 18.2 Å². The van der Waals surface area contributed by atoms with Gasteiger partial charge in [0, 0.05) is 18.1 Å². The Labute approximate surface area is 103 Å². The molecule has 3 N–H and O–H groups in total. The van der Waals surface area contributed by atoms with Crippen molar-refractivity contribution in [2.24, 2.45) is 0 Å². The summed E-state index contributed by atoms with van der Waals surface area (Å²) >= 11 is 5.94. The van der Waals surface area contributed by atoms with Gasteiger partial charge in [-0.05, 0) is 18.2 Å². The van der Waals surface area contributed by atoms with E-state index in [0.29, 0.717) is 22.0 Å². The molecule has 1 aromatic carbocycles. The molecule has 6 heteroatoms. The molecule has 1 aromatic heterocycles. The zero-order valence-corrected chi connectivity index (χ0v) is 9.48. The average Bonchev–Trinajstić information content (AvgIpc) is 2.34. The number of benzene rings is 1. The van der Waals surface area contributed by atoms with E-state index >= 15 is 0 Å². The lowest BCUT2D eigenvalue weighted by Gasteiger charge is -2.07. The lowest BCUT2D eigenvalue weighted by atomic mass is 10.2. The van der Waals surface area contributed by atoms with Gasteiger partial charge in [0.25, 0.3) is 5.91 Å². The molecule has 0 aliphatic heterocycles. The second-order valence-electron chi connectivity index (χ2n) is 3.32. The van der Waals surface area contributed by atoms with Crippen molar-refractivity contribution in [3.05, 3.63) is 47.5 Å². The zero-order valence-electron chi connectivity index (χ0n) is 8.72. The van der Waals surface area contributed by atoms with Gasteiger partial charge in [-0.3, -0.25) is 4.79 Å². The van der Waals surface area contributed by atoms with Crippen LogP contribution >= 0.6 is 11.6 Å². The standard InChI is InChI=1S/C11H9ClN4O/c12-9-3-8(13)1-2-10(9)16-11(17)7-4-14-6-15-5-7/h1-6H,13H2,(H,16,17). The van der Waals surface area contributed by atoms with Crippen molar-refractivity contribution in [3.63, 3.8) is 0 Å². The monoisotopic (exact) mass is 248 g/mol. The van der Waals surface area contributed by atoms with Crippen LogP contribution in [-0.2, 0) is 0 Å². The normalized spacial score (nSPS) is 9.94. The zero-order chi connectivity index (χ0) is 12.3. The second-order valence-corrected chi connectivity index (χ2v) is 3.73. The number of rotatable bonds is 2. The topological polar surface area (TPSA) is 80.9 Å². The highest BCUT2D eigenvalue weighted by Crippen LogP contribution is 2.24. The smallest absolute Gasteiger partial charge is 0.258 e. The number of nitrogens with one attached hydrogen (secondary N) is 1. The second kappa shape index (κ2) is 4.80. The molecule has 86 valence electrons. The van der Waals surface area contributed by atoms with Gasteiger partial charge >= 0.3 is 0 Å². The molecule has 0 saturated heterocycles. The number of carbonyl (C=O) groups excluding carboxylic acids is 1. The number of carbonyl (C=O) groups is 1. The summed E-state index contributed by atoms with van der Waals surface area (Å²) in [7, 11) is 0. The van der Waals surface area contributed by atoms with Gasteiger partial charge in [0.1, 0.15) is 6.33 Å². The summed E-state index contributed by atoms with van der Waals surface area (Å²) in [6.45, 7) is 0. The van der Waals surface area contributed by atoms with Gasteiger partial charge in [0.2, 0.25) is 0 Å². The van der Waals surface area contributed by atoms with Crippen molar-refractivity contribution in [2.75, 3.05) is 11.1 Å². The van der Waals surface area contributed by atoms with Crippen LogP contribution in [0.4, 0.5) is 11.4 Å². The molecule has 0 radical (unpaired) electrons. The van der Waals surface area contributed by atoms with Crippen molar-refractivity contribution in [3.8, 4) is 0 Å². The van der Waals surface area contributed by atoms with Crippen molar-refractivity contribution >= 4 is 28.9 Å². The minimum atomic E-state index is -0.322. The molecule has 0 saturated carbocycles. The van der Waals surface area contributed by atoms with Crippen molar-refractivity contribution in [1.82, 2.24) is 9.97 Å². The third-order valence-corrected chi connectivity index (χ3v) is 2.38. The van der Waals surface area contributed by atoms with Crippen LogP contribution < -0.4 is 11.1 Å². The van der Waals surface area contributed by atoms with Crippen molar-refractivity contribution < 1.29 is 4.79 Å². The molecule has 0 fully saturated rings. The van der Waals surface area contributed by atoms with E-state index in [-0.39, 0.29) is 5.91 Å². The largest absolute Gasteiger partial charge is 0.399 e. The number of halogens is 1. The summed E-state index contributed by atoms with van der Waals surface area (Å²) in [6.07, 6.45) is 4.20. The Morgan fingerprint density at radius 2 is 2.00 bits per heavy atom. The van der Waals surface area contributed by atoms with Crippen LogP contribution in [0.5, 0.6) is 0 Å². The van der Waals surface area contributed by atoms with Gasteiger partial charge in [0.05, 0.1) is 16.3 Å². The highest BCUT2D eigenvalue weighted by molar-refractivity contribution is 6.34. The first-order chi connectivity index (χ1) is 8.16. The first kappa shape index (κ1) is 11.3. The minimum Gasteiger partial charge on any atom is -0.399 e. The van der Waals surface area contributed by atoms with Crippen LogP contribution in [0.1, 0.15) is 10.4 Å². The number of nitrogens with zero attached hydrogens (tertiary/aromatic N) is 2. The summed E-state index contributed by atoms with van der Waals surface area (Å²) < 4.78 is 0. The number of hydrogen-bond donors (Lipinski definition) is 2. The Balaban J connectivity index is 2.19. The molecule has 0 atom stereocenters. The van der Waals surface area contributed by atoms with Gasteiger partial charge in [-0.15, -0.1) is 0 Å². The lowest BCUT2D eigenvalue weighted by Crippen LogP contribution is -2.12. The Hall–Kier alpha value is -2.14. The number of aromatic nitrogens is 2. The fourth-order valence-corrected chi connectivity index (χ4v) is 1.48. The van der Waals surface area contributed by atoms with Crippen LogP contribution in [0.2, 0.25) is 5.02 Å². The Kier molecular flexibility index (Phi) is 3.20. The Morgan fingerprint density at radius 1 is 1.29 bits per heavy atom. The number of nitrogens with two attached hydrogens (primary N) is 1. The molecule has 0 spiro atoms. The predicted molar refractivity (Wildman–Crippen MR) is 65.8 cm³/mol. The van der Waals surface area contributed by atoms with E-state index in [4.69, 9.17) is 17.3 Å². The van der Waals surface area contributed by atoms with E-state index in [9.17, 15) is 4.79 Å². The molecule has 2 aromatic rings. The minimum absolute atomic E-state index is 0.322. The van der Waals surface area contributed by atoms with Crippen LogP contribution in [0.3, 0.4) is 0 Å². The summed E-state index contributed by atoms with van der Waals surface area (Å²) in [4.78, 5) is 19.3. The van der Waals surface area contributed by atoms with Gasteiger partial charge in [-0.25, -0.2) is 9.97 Å². The third kappa shape index (κ3) is 2.70. The number of anilines is 2. The van der Waals surface area contributed by atoms with Gasteiger partial charge in [0.15, 0.2) is 0 Å². The molecule has 0 aliphatic rings. The molecule has 0 aliphatic carbocycles. The van der Waals surface area contributed by atoms with Crippen LogP contribution in [-0.4, -0.2) is 15.9 Å². The van der Waals surface area contributed by atoms with Gasteiger partial charge in [-0.1, -0.05) is 11.6 Å². The van der Waals surface area contributed by atoms with Gasteiger partial charge in [-0.2, -0.15) is 0 Å². The summed E-state index contributed by atoms with van der Waals surface area (Å²) in [5.41, 5.74) is 6.95. The van der Waals surface area contributed by atoms with E-state index in [0.717, 1.165) is 0 Å². The third-order valence-electron chi connectivity index (χ3n) is 2.06. The maximum atomic E-state index is 11.8. The van der Waals surface area contributed by atoms with Crippen LogP contribution in [0, 0.1) is 0 Å². The summed E-state index contributed by atoms with van der Waals surface area (Å²) in [5.74, 6) is -0.322. The summed E-state index contributed by atoms with van der Waals surface area (Å²) in [5, 5.41) is 3.03. The quantitative estimate of drug-likeness (QED) is 0.796. The first-order valence-corrected chi connectivity index (χ1v) is 5.16. The average molecular weight is 249 g/mol. The SMILES string of the molecule is Nc1ccc(NC(=O)c2cncnc2)c(Cl)c1. The summed E-state index contributed by atoms with van der Waals surface area (Å²) in [6, 6.07) is 4.86. The molecule has 0 bridgehead atoms. The number of nitrogen functional groups attached to an aromatic ring is 1. The van der Waals surface area contributed by atoms with E-state index in [1.807, 2.05) is 0 Å². The maximum absolute atomic E-state index is 11.8. The number of hydrogen-bond acceptors (Lipinski definition) is 4. The predicted octanol–water partition coefficient (Wildman–Crippen LogP) is 1.96. The molecular formula is C11H9ClN4O. The Bertz CT molecular complexity index is 544. The molecule has 0 unspecified atom stereocenters. The van der Waals surface area contributed by atoms with Crippen LogP contribution in [0.25, 0.3) is 0 Å². The molecule has 1 heterocycles. The fourth-order valence-electron chi connectivity index (χ4n) is 1.24. The Morgan fingerprint density at radius 3 is 2.65 bits per heavy atom. The molecule has 5 nitrogen and oxygen atoms in total. The van der Waals surface area contributed by atoms with E-state index in [1.165, 1.54) is 18.7 Å². The van der Waals surface area contributed by atoms with E-state index < -0.39 is 0 Å². The first-order valence-electron chi connectivity index (χ1n) is 4.78. The van der Waals surface area contributed by atoms with Gasteiger partial charge < -0.3 is 11.1 Å². The van der Waals surface area contributed by atoms with Crippen molar-refractivity contribution in [1.29, 1.82) is 0 Å². The van der Waals surface area contributed by atoms with E-state index in [2.05, 4.69) is 15.3 Å². The van der Waals surface area contributed by atoms with Crippen LogP contribution in [0.15, 0.2) is 36.9 Å². The number of amides is 1. The molecule has 1 amide bonds. The van der Waals surface area contributed by atoms with Crippen molar-refractivity contribution in [2.45, 2.75) is 0 Å². The lowest BCUT2D eigenvalue weighted by molar-refractivity contribution is 0.102. The highest BCUT2D eigenvalue weighted by Gasteiger charge is 2.08. The molecule has 2 rings (SSSR count). The maximum Gasteiger partial charge on any atom is 0.258 e. The molecule has 17 heavy (non-hydrogen) atoms. The molecular weight excluding hydrogens is 240 g/mol.